The molecule has 0 atom stereocenters. The second-order valence-corrected chi connectivity index (χ2v) is 2.53. The summed E-state index contributed by atoms with van der Waals surface area (Å²) in [6, 6.07) is 5.22. The number of ketones is 1. The van der Waals surface area contributed by atoms with Crippen LogP contribution in [0.4, 0.5) is 0 Å². The topological polar surface area (TPSA) is 58.6 Å². The molecule has 0 unspecified atom stereocenters. The Morgan fingerprint density at radius 1 is 1.38 bits per heavy atom. The Kier molecular flexibility index (Phi) is 1.88. The van der Waals surface area contributed by atoms with Gasteiger partial charge < -0.3 is 0 Å². The Hall–Kier alpha value is -1.97. The first-order valence-corrected chi connectivity index (χ1v) is 3.82. The first-order valence-electron chi connectivity index (χ1n) is 3.82. The van der Waals surface area contributed by atoms with E-state index in [2.05, 4.69) is 15.2 Å². The number of H-pyrrole nitrogens is 1. The van der Waals surface area contributed by atoms with E-state index < -0.39 is 0 Å². The molecule has 0 radical (unpaired) electrons. The molecule has 64 valence electrons. The van der Waals surface area contributed by atoms with Gasteiger partial charge in [-0.3, -0.25) is 14.9 Å². The average Bonchev–Trinajstić information content (AvgIpc) is 2.71. The fraction of sp³-hybridized carbons (Fsp3) is 0. The van der Waals surface area contributed by atoms with Gasteiger partial charge in [0.25, 0.3) is 0 Å². The van der Waals surface area contributed by atoms with Gasteiger partial charge in [-0.25, -0.2) is 0 Å². The summed E-state index contributed by atoms with van der Waals surface area (Å²) < 4.78 is 0. The van der Waals surface area contributed by atoms with Crippen molar-refractivity contribution >= 4 is 5.78 Å². The van der Waals surface area contributed by atoms with Crippen molar-refractivity contribution in [1.29, 1.82) is 0 Å². The van der Waals surface area contributed by atoms with E-state index in [9.17, 15) is 4.79 Å². The Bertz CT molecular complexity index is 394. The van der Waals surface area contributed by atoms with Crippen LogP contribution < -0.4 is 0 Å². The van der Waals surface area contributed by atoms with Gasteiger partial charge in [-0.2, -0.15) is 5.10 Å². The number of nitrogens with zero attached hydrogens (tertiary/aromatic N) is 2. The van der Waals surface area contributed by atoms with Gasteiger partial charge >= 0.3 is 0 Å². The van der Waals surface area contributed by atoms with Crippen LogP contribution in [0.25, 0.3) is 0 Å². The maximum absolute atomic E-state index is 11.6. The molecule has 0 saturated heterocycles. The van der Waals surface area contributed by atoms with Crippen molar-refractivity contribution in [2.24, 2.45) is 0 Å². The zero-order valence-corrected chi connectivity index (χ0v) is 6.77. The third-order valence-electron chi connectivity index (χ3n) is 1.66. The highest BCUT2D eigenvalue weighted by Gasteiger charge is 2.09. The molecule has 4 nitrogen and oxygen atoms in total. The maximum atomic E-state index is 11.6. The second kappa shape index (κ2) is 3.18. The Balaban J connectivity index is 2.34. The minimum Gasteiger partial charge on any atom is -0.287 e. The molecule has 0 spiro atoms. The van der Waals surface area contributed by atoms with Crippen LogP contribution in [0.1, 0.15) is 16.1 Å². The highest BCUT2D eigenvalue weighted by atomic mass is 16.1. The van der Waals surface area contributed by atoms with Crippen LogP contribution in [0, 0.1) is 0 Å². The van der Waals surface area contributed by atoms with Gasteiger partial charge in [0.2, 0.25) is 5.78 Å². The largest absolute Gasteiger partial charge is 0.287 e. The van der Waals surface area contributed by atoms with Crippen LogP contribution in [-0.2, 0) is 0 Å². The van der Waals surface area contributed by atoms with E-state index in [0.717, 1.165) is 0 Å². The first-order chi connectivity index (χ1) is 6.38. The normalized spacial score (nSPS) is 9.85. The summed E-state index contributed by atoms with van der Waals surface area (Å²) in [5.74, 6) is -0.116. The van der Waals surface area contributed by atoms with E-state index >= 15 is 0 Å². The minimum absolute atomic E-state index is 0.116. The summed E-state index contributed by atoms with van der Waals surface area (Å²) in [4.78, 5) is 15.5. The number of carbonyl (C=O) groups excluding carboxylic acids is 1. The molecule has 0 aliphatic rings. The number of aromatic nitrogens is 3. The number of rotatable bonds is 2. The highest BCUT2D eigenvalue weighted by Crippen LogP contribution is 2.03. The molecule has 13 heavy (non-hydrogen) atoms. The van der Waals surface area contributed by atoms with Crippen LogP contribution >= 0.6 is 0 Å². The van der Waals surface area contributed by atoms with E-state index in [1.807, 2.05) is 0 Å². The predicted molar refractivity (Wildman–Crippen MR) is 46.3 cm³/mol. The van der Waals surface area contributed by atoms with Gasteiger partial charge in [-0.05, 0) is 12.1 Å². The third kappa shape index (κ3) is 1.46. The average molecular weight is 173 g/mol. The quantitative estimate of drug-likeness (QED) is 0.690. The molecule has 0 amide bonds. The second-order valence-electron chi connectivity index (χ2n) is 2.53. The monoisotopic (exact) mass is 173 g/mol. The van der Waals surface area contributed by atoms with Crippen molar-refractivity contribution in [3.8, 4) is 0 Å². The van der Waals surface area contributed by atoms with Crippen molar-refractivity contribution in [2.45, 2.75) is 0 Å². The minimum atomic E-state index is -0.116. The van der Waals surface area contributed by atoms with E-state index in [0.29, 0.717) is 11.3 Å². The lowest BCUT2D eigenvalue weighted by Gasteiger charge is -1.94. The van der Waals surface area contributed by atoms with Crippen molar-refractivity contribution < 1.29 is 4.79 Å². The summed E-state index contributed by atoms with van der Waals surface area (Å²) in [6.45, 7) is 0. The van der Waals surface area contributed by atoms with Crippen LogP contribution in [0.15, 0.2) is 36.8 Å². The number of nitrogens with one attached hydrogen (secondary N) is 1. The van der Waals surface area contributed by atoms with Gasteiger partial charge in [-0.1, -0.05) is 6.07 Å². The molecule has 0 fully saturated rings. The lowest BCUT2D eigenvalue weighted by molar-refractivity contribution is 0.103. The molecular weight excluding hydrogens is 166 g/mol. The molecule has 1 N–H and O–H groups in total. The molecule has 2 heterocycles. The van der Waals surface area contributed by atoms with E-state index in [1.165, 1.54) is 6.20 Å². The predicted octanol–water partition coefficient (Wildman–Crippen LogP) is 1.04. The van der Waals surface area contributed by atoms with E-state index in [-0.39, 0.29) is 5.78 Å². The molecule has 0 bridgehead atoms. The molecular formula is C9H7N3O. The van der Waals surface area contributed by atoms with Crippen molar-refractivity contribution in [3.05, 3.63) is 48.0 Å². The molecule has 0 aliphatic heterocycles. The number of aromatic amines is 1. The zero-order valence-electron chi connectivity index (χ0n) is 6.77. The van der Waals surface area contributed by atoms with E-state index in [4.69, 9.17) is 0 Å². The summed E-state index contributed by atoms with van der Waals surface area (Å²) in [6.07, 6.45) is 4.63. The number of carbonyl (C=O) groups is 1. The Morgan fingerprint density at radius 3 is 2.92 bits per heavy atom. The first kappa shape index (κ1) is 7.67. The van der Waals surface area contributed by atoms with Gasteiger partial charge in [0.1, 0.15) is 5.69 Å². The highest BCUT2D eigenvalue weighted by molar-refractivity contribution is 6.07. The van der Waals surface area contributed by atoms with Crippen LogP contribution in [-0.4, -0.2) is 21.0 Å². The lowest BCUT2D eigenvalue weighted by atomic mass is 10.1. The fourth-order valence-corrected chi connectivity index (χ4v) is 1.02. The standard InChI is InChI=1S/C9H7N3O/c13-9(7-5-11-12-6-7)8-3-1-2-4-10-8/h1-6H,(H,11,12). The lowest BCUT2D eigenvalue weighted by Crippen LogP contribution is -2.01. The van der Waals surface area contributed by atoms with Gasteiger partial charge in [-0.15, -0.1) is 0 Å². The zero-order chi connectivity index (χ0) is 9.10. The van der Waals surface area contributed by atoms with Crippen LogP contribution in [0.3, 0.4) is 0 Å². The Labute approximate surface area is 74.6 Å². The summed E-state index contributed by atoms with van der Waals surface area (Å²) >= 11 is 0. The number of hydrogen-bond donors (Lipinski definition) is 1. The van der Waals surface area contributed by atoms with E-state index in [1.54, 1.807) is 30.6 Å². The third-order valence-corrected chi connectivity index (χ3v) is 1.66. The summed E-state index contributed by atoms with van der Waals surface area (Å²) in [7, 11) is 0. The van der Waals surface area contributed by atoms with Crippen LogP contribution in [0.5, 0.6) is 0 Å². The van der Waals surface area contributed by atoms with Crippen molar-refractivity contribution in [2.75, 3.05) is 0 Å². The molecule has 0 aromatic carbocycles. The summed E-state index contributed by atoms with van der Waals surface area (Å²) in [5, 5.41) is 6.28. The number of pyridine rings is 1. The smallest absolute Gasteiger partial charge is 0.214 e. The summed E-state index contributed by atoms with van der Waals surface area (Å²) in [5.41, 5.74) is 0.961. The molecule has 2 rings (SSSR count). The SMILES string of the molecule is O=C(c1cn[nH]c1)c1ccccn1. The van der Waals surface area contributed by atoms with Crippen LogP contribution in [0.2, 0.25) is 0 Å². The van der Waals surface area contributed by atoms with Crippen molar-refractivity contribution in [3.63, 3.8) is 0 Å². The van der Waals surface area contributed by atoms with Gasteiger partial charge in [0, 0.05) is 12.4 Å². The molecule has 2 aromatic heterocycles. The molecule has 4 heteroatoms. The van der Waals surface area contributed by atoms with Crippen molar-refractivity contribution in [1.82, 2.24) is 15.2 Å². The molecule has 0 saturated carbocycles. The molecule has 2 aromatic rings. The van der Waals surface area contributed by atoms with Gasteiger partial charge in [0.05, 0.1) is 11.8 Å². The Morgan fingerprint density at radius 2 is 2.31 bits per heavy atom. The maximum Gasteiger partial charge on any atom is 0.214 e. The molecule has 0 aliphatic carbocycles. The fourth-order valence-electron chi connectivity index (χ4n) is 1.02. The van der Waals surface area contributed by atoms with Gasteiger partial charge in [0.15, 0.2) is 0 Å². The number of hydrogen-bond acceptors (Lipinski definition) is 3.